The maximum absolute atomic E-state index is 12.9. The molecule has 5 nitrogen and oxygen atoms in total. The molecule has 0 bridgehead atoms. The first kappa shape index (κ1) is 17.0. The zero-order chi connectivity index (χ0) is 17.2. The Kier molecular flexibility index (Phi) is 4.90. The molecule has 0 spiro atoms. The number of ether oxygens (including phenoxy) is 1. The van der Waals surface area contributed by atoms with Crippen molar-refractivity contribution in [3.63, 3.8) is 0 Å². The summed E-state index contributed by atoms with van der Waals surface area (Å²) in [6.07, 6.45) is 6.37. The number of benzene rings is 1. The minimum Gasteiger partial charge on any atom is -0.382 e. The number of nitrogens with two attached hydrogens (primary N) is 1. The second-order valence-electron chi connectivity index (χ2n) is 6.99. The molecule has 1 unspecified atom stereocenters. The quantitative estimate of drug-likeness (QED) is 0.901. The van der Waals surface area contributed by atoms with Crippen molar-refractivity contribution >= 4 is 11.8 Å². The summed E-state index contributed by atoms with van der Waals surface area (Å²) in [5, 5.41) is 0. The third kappa shape index (κ3) is 2.93. The first-order chi connectivity index (χ1) is 11.6. The van der Waals surface area contributed by atoms with E-state index in [9.17, 15) is 9.59 Å². The van der Waals surface area contributed by atoms with Gasteiger partial charge in [-0.2, -0.15) is 0 Å². The molecule has 5 heteroatoms. The Balaban J connectivity index is 1.81. The van der Waals surface area contributed by atoms with E-state index in [4.69, 9.17) is 10.5 Å². The van der Waals surface area contributed by atoms with Crippen molar-refractivity contribution in [3.05, 3.63) is 35.4 Å². The molecule has 0 radical (unpaired) electrons. The standard InChI is InChI=1S/C19H26N2O3/c1-24-13-19(18(20)23)11-4-12-21(19)17(22)16-9-7-15(8-10-16)14-5-2-3-6-14/h7-10,14H,2-6,11-13H2,1H3,(H2,20,23). The molecular weight excluding hydrogens is 304 g/mol. The van der Waals surface area contributed by atoms with Gasteiger partial charge in [0.05, 0.1) is 6.61 Å². The number of rotatable bonds is 5. The number of nitrogens with zero attached hydrogens (tertiary/aromatic N) is 1. The van der Waals surface area contributed by atoms with E-state index >= 15 is 0 Å². The van der Waals surface area contributed by atoms with Crippen LogP contribution < -0.4 is 5.73 Å². The highest BCUT2D eigenvalue weighted by molar-refractivity contribution is 5.99. The van der Waals surface area contributed by atoms with Gasteiger partial charge in [-0.3, -0.25) is 9.59 Å². The van der Waals surface area contributed by atoms with Crippen molar-refractivity contribution in [1.82, 2.24) is 4.90 Å². The van der Waals surface area contributed by atoms with Crippen LogP contribution in [-0.4, -0.2) is 42.5 Å². The molecule has 1 aliphatic carbocycles. The number of hydrogen-bond donors (Lipinski definition) is 1. The first-order valence-corrected chi connectivity index (χ1v) is 8.79. The molecule has 130 valence electrons. The molecule has 2 aliphatic rings. The zero-order valence-corrected chi connectivity index (χ0v) is 14.3. The lowest BCUT2D eigenvalue weighted by atomic mass is 9.94. The maximum Gasteiger partial charge on any atom is 0.254 e. The Morgan fingerprint density at radius 2 is 1.88 bits per heavy atom. The van der Waals surface area contributed by atoms with Gasteiger partial charge in [0, 0.05) is 19.2 Å². The van der Waals surface area contributed by atoms with Crippen LogP contribution >= 0.6 is 0 Å². The minimum atomic E-state index is -1.02. The van der Waals surface area contributed by atoms with Crippen LogP contribution in [0.2, 0.25) is 0 Å². The van der Waals surface area contributed by atoms with Crippen molar-refractivity contribution in [1.29, 1.82) is 0 Å². The summed E-state index contributed by atoms with van der Waals surface area (Å²) in [7, 11) is 1.53. The van der Waals surface area contributed by atoms with Crippen LogP contribution in [0, 0.1) is 0 Å². The van der Waals surface area contributed by atoms with Crippen LogP contribution in [0.5, 0.6) is 0 Å². The smallest absolute Gasteiger partial charge is 0.254 e. The molecule has 2 N–H and O–H groups in total. The average molecular weight is 330 g/mol. The number of likely N-dealkylation sites (tertiary alicyclic amines) is 1. The Labute approximate surface area is 143 Å². The van der Waals surface area contributed by atoms with Crippen molar-refractivity contribution < 1.29 is 14.3 Å². The van der Waals surface area contributed by atoms with Crippen molar-refractivity contribution in [2.75, 3.05) is 20.3 Å². The second-order valence-corrected chi connectivity index (χ2v) is 6.99. The second kappa shape index (κ2) is 6.93. The molecule has 1 aromatic carbocycles. The highest BCUT2D eigenvalue weighted by Crippen LogP contribution is 2.35. The van der Waals surface area contributed by atoms with E-state index < -0.39 is 11.4 Å². The van der Waals surface area contributed by atoms with E-state index in [1.165, 1.54) is 38.4 Å². The summed E-state index contributed by atoms with van der Waals surface area (Å²) in [4.78, 5) is 26.6. The number of primary amides is 1. The van der Waals surface area contributed by atoms with E-state index in [-0.39, 0.29) is 12.5 Å². The molecule has 2 amide bonds. The zero-order valence-electron chi connectivity index (χ0n) is 14.3. The van der Waals surface area contributed by atoms with E-state index in [1.54, 1.807) is 4.90 Å². The Hall–Kier alpha value is -1.88. The van der Waals surface area contributed by atoms with Crippen LogP contribution in [0.15, 0.2) is 24.3 Å². The normalized spacial score (nSPS) is 24.5. The summed E-state index contributed by atoms with van der Waals surface area (Å²) in [6, 6.07) is 7.88. The molecule has 1 atom stereocenters. The summed E-state index contributed by atoms with van der Waals surface area (Å²) >= 11 is 0. The van der Waals surface area contributed by atoms with Gasteiger partial charge in [0.15, 0.2) is 0 Å². The lowest BCUT2D eigenvalue weighted by Gasteiger charge is -2.35. The molecule has 1 saturated heterocycles. The fourth-order valence-corrected chi connectivity index (χ4v) is 4.20. The van der Waals surface area contributed by atoms with Crippen LogP contribution in [0.4, 0.5) is 0 Å². The number of carbonyl (C=O) groups is 2. The third-order valence-electron chi connectivity index (χ3n) is 5.56. The highest BCUT2D eigenvalue weighted by Gasteiger charge is 2.48. The minimum absolute atomic E-state index is 0.138. The van der Waals surface area contributed by atoms with E-state index in [0.717, 1.165) is 6.42 Å². The molecule has 0 aromatic heterocycles. The maximum atomic E-state index is 12.9. The number of hydrogen-bond acceptors (Lipinski definition) is 3. The molecule has 1 saturated carbocycles. The summed E-state index contributed by atoms with van der Waals surface area (Å²) in [6.45, 7) is 0.684. The fourth-order valence-electron chi connectivity index (χ4n) is 4.20. The lowest BCUT2D eigenvalue weighted by molar-refractivity contribution is -0.130. The molecule has 1 aromatic rings. The van der Waals surface area contributed by atoms with Crippen LogP contribution in [0.3, 0.4) is 0 Å². The van der Waals surface area contributed by atoms with Gasteiger partial charge >= 0.3 is 0 Å². The van der Waals surface area contributed by atoms with Gasteiger partial charge in [-0.15, -0.1) is 0 Å². The molecule has 1 aliphatic heterocycles. The fraction of sp³-hybridized carbons (Fsp3) is 0.579. The van der Waals surface area contributed by atoms with Gasteiger partial charge in [-0.05, 0) is 49.3 Å². The van der Waals surface area contributed by atoms with Crippen molar-refractivity contribution in [2.24, 2.45) is 5.73 Å². The van der Waals surface area contributed by atoms with E-state index in [0.29, 0.717) is 24.4 Å². The topological polar surface area (TPSA) is 72.6 Å². The molecule has 3 rings (SSSR count). The average Bonchev–Trinajstić information content (AvgIpc) is 3.25. The molecule has 2 fully saturated rings. The lowest BCUT2D eigenvalue weighted by Crippen LogP contribution is -2.58. The van der Waals surface area contributed by atoms with Gasteiger partial charge in [-0.1, -0.05) is 25.0 Å². The summed E-state index contributed by atoms with van der Waals surface area (Å²) in [5.41, 5.74) is 6.52. The predicted octanol–water partition coefficient (Wildman–Crippen LogP) is 2.45. The van der Waals surface area contributed by atoms with Crippen LogP contribution in [0.1, 0.15) is 60.4 Å². The van der Waals surface area contributed by atoms with Gasteiger partial charge in [0.25, 0.3) is 5.91 Å². The Bertz CT molecular complexity index is 608. The number of carbonyl (C=O) groups excluding carboxylic acids is 2. The van der Waals surface area contributed by atoms with Crippen molar-refractivity contribution in [2.45, 2.75) is 50.0 Å². The molecular formula is C19H26N2O3. The van der Waals surface area contributed by atoms with Crippen molar-refractivity contribution in [3.8, 4) is 0 Å². The van der Waals surface area contributed by atoms with E-state index in [1.807, 2.05) is 12.1 Å². The number of amides is 2. The monoisotopic (exact) mass is 330 g/mol. The van der Waals surface area contributed by atoms with Gasteiger partial charge in [-0.25, -0.2) is 0 Å². The van der Waals surface area contributed by atoms with Crippen LogP contribution in [0.25, 0.3) is 0 Å². The Morgan fingerprint density at radius 3 is 2.46 bits per heavy atom. The highest BCUT2D eigenvalue weighted by atomic mass is 16.5. The first-order valence-electron chi connectivity index (χ1n) is 8.79. The third-order valence-corrected chi connectivity index (χ3v) is 5.56. The molecule has 24 heavy (non-hydrogen) atoms. The summed E-state index contributed by atoms with van der Waals surface area (Å²) < 4.78 is 5.20. The van der Waals surface area contributed by atoms with Gasteiger partial charge < -0.3 is 15.4 Å². The predicted molar refractivity (Wildman–Crippen MR) is 91.7 cm³/mol. The largest absolute Gasteiger partial charge is 0.382 e. The molecule has 1 heterocycles. The van der Waals surface area contributed by atoms with Gasteiger partial charge in [0.1, 0.15) is 5.54 Å². The summed E-state index contributed by atoms with van der Waals surface area (Å²) in [5.74, 6) is -0.00163. The van der Waals surface area contributed by atoms with Gasteiger partial charge in [0.2, 0.25) is 5.91 Å². The van der Waals surface area contributed by atoms with Crippen LogP contribution in [-0.2, 0) is 9.53 Å². The van der Waals surface area contributed by atoms with E-state index in [2.05, 4.69) is 12.1 Å². The number of methoxy groups -OCH3 is 1. The SMILES string of the molecule is COCC1(C(N)=O)CCCN1C(=O)c1ccc(C2CCCC2)cc1. The Morgan fingerprint density at radius 1 is 1.21 bits per heavy atom.